The van der Waals surface area contributed by atoms with Crippen molar-refractivity contribution < 1.29 is 19.1 Å². The second-order valence-electron chi connectivity index (χ2n) is 7.47. The highest BCUT2D eigenvalue weighted by atomic mass is 16.6. The van der Waals surface area contributed by atoms with Gasteiger partial charge in [-0.05, 0) is 52.8 Å². The first kappa shape index (κ1) is 18.9. The molecule has 0 unspecified atom stereocenters. The van der Waals surface area contributed by atoms with Crippen molar-refractivity contribution >= 4 is 17.7 Å². The summed E-state index contributed by atoms with van der Waals surface area (Å²) < 4.78 is 10.8. The van der Waals surface area contributed by atoms with Gasteiger partial charge in [0.2, 0.25) is 0 Å². The van der Waals surface area contributed by atoms with Crippen LogP contribution in [0.5, 0.6) is 5.75 Å². The molecule has 7 nitrogen and oxygen atoms in total. The van der Waals surface area contributed by atoms with E-state index in [1.807, 2.05) is 34.6 Å². The van der Waals surface area contributed by atoms with Gasteiger partial charge >= 0.3 is 6.09 Å². The lowest BCUT2D eigenvalue weighted by Crippen LogP contribution is -2.61. The molecule has 0 atom stereocenters. The Bertz CT molecular complexity index is 646. The number of ether oxygens (including phenoxy) is 2. The molecule has 1 aromatic rings. The molecule has 0 aliphatic carbocycles. The van der Waals surface area contributed by atoms with Crippen molar-refractivity contribution in [2.24, 2.45) is 0 Å². The molecule has 3 N–H and O–H groups in total. The first-order valence-electron chi connectivity index (χ1n) is 8.40. The molecule has 0 aromatic heterocycles. The monoisotopic (exact) mass is 349 g/mol. The van der Waals surface area contributed by atoms with E-state index < -0.39 is 5.60 Å². The minimum atomic E-state index is -0.525. The van der Waals surface area contributed by atoms with Gasteiger partial charge in [-0.3, -0.25) is 4.79 Å². The van der Waals surface area contributed by atoms with E-state index in [-0.39, 0.29) is 24.1 Å². The van der Waals surface area contributed by atoms with Gasteiger partial charge in [0.25, 0.3) is 5.91 Å². The molecule has 0 bridgehead atoms. The number of nitrogen functional groups attached to an aromatic ring is 1. The Morgan fingerprint density at radius 3 is 2.44 bits per heavy atom. The molecule has 2 rings (SSSR count). The number of carbonyl (C=O) groups is 2. The predicted octanol–water partition coefficient (Wildman–Crippen LogP) is 2.41. The van der Waals surface area contributed by atoms with E-state index in [1.54, 1.807) is 23.1 Å². The molecule has 1 heterocycles. The second kappa shape index (κ2) is 7.21. The molecule has 0 saturated carbocycles. The van der Waals surface area contributed by atoms with Gasteiger partial charge in [-0.25, -0.2) is 4.79 Å². The van der Waals surface area contributed by atoms with E-state index in [1.165, 1.54) is 0 Å². The summed E-state index contributed by atoms with van der Waals surface area (Å²) in [5, 5.41) is 2.88. The fourth-order valence-corrected chi connectivity index (χ4v) is 2.37. The van der Waals surface area contributed by atoms with Crippen LogP contribution in [0.3, 0.4) is 0 Å². The van der Waals surface area contributed by atoms with E-state index >= 15 is 0 Å². The average Bonchev–Trinajstić information content (AvgIpc) is 2.41. The Morgan fingerprint density at radius 2 is 1.92 bits per heavy atom. The van der Waals surface area contributed by atoms with Gasteiger partial charge in [-0.2, -0.15) is 0 Å². The summed E-state index contributed by atoms with van der Waals surface area (Å²) in [5.41, 5.74) is 6.29. The number of nitrogens with one attached hydrogen (secondary N) is 1. The summed E-state index contributed by atoms with van der Waals surface area (Å²) in [4.78, 5) is 25.7. The quantitative estimate of drug-likeness (QED) is 0.814. The molecule has 2 amide bonds. The molecule has 25 heavy (non-hydrogen) atoms. The van der Waals surface area contributed by atoms with Crippen LogP contribution in [0.1, 0.15) is 45.0 Å². The number of nitrogens with zero attached hydrogens (tertiary/aromatic N) is 1. The fourth-order valence-electron chi connectivity index (χ4n) is 2.37. The minimum absolute atomic E-state index is 0.00999. The van der Waals surface area contributed by atoms with Crippen LogP contribution < -0.4 is 15.8 Å². The van der Waals surface area contributed by atoms with Gasteiger partial charge in [0.1, 0.15) is 11.4 Å². The van der Waals surface area contributed by atoms with Crippen LogP contribution in [-0.4, -0.2) is 47.7 Å². The highest BCUT2D eigenvalue weighted by Crippen LogP contribution is 2.24. The van der Waals surface area contributed by atoms with Crippen LogP contribution in [0.25, 0.3) is 0 Å². The fraction of sp³-hybridized carbons (Fsp3) is 0.556. The van der Waals surface area contributed by atoms with Crippen LogP contribution in [0, 0.1) is 0 Å². The van der Waals surface area contributed by atoms with E-state index in [0.717, 1.165) is 0 Å². The van der Waals surface area contributed by atoms with Crippen LogP contribution in [0.15, 0.2) is 18.2 Å². The van der Waals surface area contributed by atoms with Crippen molar-refractivity contribution in [3.05, 3.63) is 23.8 Å². The highest BCUT2D eigenvalue weighted by molar-refractivity contribution is 5.95. The zero-order valence-electron chi connectivity index (χ0n) is 15.5. The van der Waals surface area contributed by atoms with Crippen molar-refractivity contribution in [2.45, 2.75) is 52.4 Å². The van der Waals surface area contributed by atoms with Gasteiger partial charge in [0, 0.05) is 18.7 Å². The Hall–Kier alpha value is -2.44. The average molecular weight is 349 g/mol. The van der Waals surface area contributed by atoms with E-state index in [4.69, 9.17) is 15.2 Å². The second-order valence-corrected chi connectivity index (χ2v) is 7.47. The van der Waals surface area contributed by atoms with Crippen molar-refractivity contribution in [1.29, 1.82) is 0 Å². The minimum Gasteiger partial charge on any atom is -0.489 e. The lowest BCUT2D eigenvalue weighted by molar-refractivity contribution is 0.00533. The van der Waals surface area contributed by atoms with E-state index in [2.05, 4.69) is 5.32 Å². The number of hydrogen-bond donors (Lipinski definition) is 2. The number of hydrogen-bond acceptors (Lipinski definition) is 5. The SMILES string of the molecule is CC(C)Oc1ccc(C(=O)NC2CN(C(=O)OC(C)(C)C)C2)cc1N. The predicted molar refractivity (Wildman–Crippen MR) is 95.7 cm³/mol. The Balaban J connectivity index is 1.86. The molecule has 1 aliphatic rings. The third-order valence-corrected chi connectivity index (χ3v) is 3.50. The van der Waals surface area contributed by atoms with E-state index in [0.29, 0.717) is 30.1 Å². The Kier molecular flexibility index (Phi) is 5.45. The van der Waals surface area contributed by atoms with Gasteiger partial charge in [-0.15, -0.1) is 0 Å². The molecule has 0 spiro atoms. The topological polar surface area (TPSA) is 93.9 Å². The zero-order valence-corrected chi connectivity index (χ0v) is 15.5. The molecule has 138 valence electrons. The molecule has 1 aromatic carbocycles. The van der Waals surface area contributed by atoms with Crippen molar-refractivity contribution in [1.82, 2.24) is 10.2 Å². The summed E-state index contributed by atoms with van der Waals surface area (Å²) in [6, 6.07) is 4.87. The molecular weight excluding hydrogens is 322 g/mol. The lowest BCUT2D eigenvalue weighted by atomic mass is 10.1. The summed E-state index contributed by atoms with van der Waals surface area (Å²) in [6.45, 7) is 10.2. The van der Waals surface area contributed by atoms with Gasteiger partial charge < -0.3 is 25.4 Å². The van der Waals surface area contributed by atoms with Gasteiger partial charge in [0.05, 0.1) is 17.8 Å². The number of anilines is 1. The largest absolute Gasteiger partial charge is 0.489 e. The number of rotatable bonds is 4. The van der Waals surface area contributed by atoms with E-state index in [9.17, 15) is 9.59 Å². The first-order chi connectivity index (χ1) is 11.5. The van der Waals surface area contributed by atoms with Crippen LogP contribution in [-0.2, 0) is 4.74 Å². The smallest absolute Gasteiger partial charge is 0.410 e. The number of benzene rings is 1. The molecule has 0 radical (unpaired) electrons. The normalized spacial score (nSPS) is 14.9. The van der Waals surface area contributed by atoms with Crippen LogP contribution in [0.2, 0.25) is 0 Å². The van der Waals surface area contributed by atoms with Gasteiger partial charge in [0.15, 0.2) is 0 Å². The maximum Gasteiger partial charge on any atom is 0.410 e. The Labute approximate surface area is 148 Å². The summed E-state index contributed by atoms with van der Waals surface area (Å²) in [7, 11) is 0. The third-order valence-electron chi connectivity index (χ3n) is 3.50. The number of amides is 2. The summed E-state index contributed by atoms with van der Waals surface area (Å²) in [6.07, 6.45) is -0.353. The number of likely N-dealkylation sites (tertiary alicyclic amines) is 1. The maximum absolute atomic E-state index is 12.3. The zero-order chi connectivity index (χ0) is 18.8. The number of nitrogens with two attached hydrogens (primary N) is 1. The Morgan fingerprint density at radius 1 is 1.28 bits per heavy atom. The molecular formula is C18H27N3O4. The van der Waals surface area contributed by atoms with Crippen molar-refractivity contribution in [3.63, 3.8) is 0 Å². The highest BCUT2D eigenvalue weighted by Gasteiger charge is 2.34. The standard InChI is InChI=1S/C18H27N3O4/c1-11(2)24-15-7-6-12(8-14(15)19)16(22)20-13-9-21(10-13)17(23)25-18(3,4)5/h6-8,11,13H,9-10,19H2,1-5H3,(H,20,22). The van der Waals surface area contributed by atoms with Gasteiger partial charge in [-0.1, -0.05) is 0 Å². The molecule has 1 fully saturated rings. The summed E-state index contributed by atoms with van der Waals surface area (Å²) in [5.74, 6) is 0.336. The molecule has 1 saturated heterocycles. The number of carbonyl (C=O) groups excluding carboxylic acids is 2. The molecule has 1 aliphatic heterocycles. The maximum atomic E-state index is 12.3. The lowest BCUT2D eigenvalue weighted by Gasteiger charge is -2.39. The van der Waals surface area contributed by atoms with Crippen molar-refractivity contribution in [3.8, 4) is 5.75 Å². The molecule has 7 heteroatoms. The van der Waals surface area contributed by atoms with Crippen LogP contribution in [0.4, 0.5) is 10.5 Å². The summed E-state index contributed by atoms with van der Waals surface area (Å²) >= 11 is 0. The van der Waals surface area contributed by atoms with Crippen LogP contribution >= 0.6 is 0 Å². The third kappa shape index (κ3) is 5.27. The van der Waals surface area contributed by atoms with Crippen molar-refractivity contribution in [2.75, 3.05) is 18.8 Å². The first-order valence-corrected chi connectivity index (χ1v) is 8.40.